The molecular formula is C17H24F2N2O. The Labute approximate surface area is 130 Å². The zero-order valence-electron chi connectivity index (χ0n) is 12.8. The maximum Gasteiger partial charge on any atom is 0.387 e. The third-order valence-corrected chi connectivity index (χ3v) is 4.84. The van der Waals surface area contributed by atoms with E-state index in [2.05, 4.69) is 10.2 Å². The van der Waals surface area contributed by atoms with E-state index in [1.807, 2.05) is 12.1 Å². The monoisotopic (exact) mass is 310 g/mol. The summed E-state index contributed by atoms with van der Waals surface area (Å²) in [7, 11) is 0. The largest absolute Gasteiger partial charge is 0.434 e. The molecule has 0 radical (unpaired) electrons. The van der Waals surface area contributed by atoms with Crippen LogP contribution in [0.5, 0.6) is 5.75 Å². The Morgan fingerprint density at radius 2 is 1.91 bits per heavy atom. The number of nitrogens with zero attached hydrogens (tertiary/aromatic N) is 1. The molecule has 1 aliphatic carbocycles. The van der Waals surface area contributed by atoms with Gasteiger partial charge in [0.1, 0.15) is 5.75 Å². The molecule has 2 fully saturated rings. The van der Waals surface area contributed by atoms with Crippen molar-refractivity contribution in [3.63, 3.8) is 0 Å². The van der Waals surface area contributed by atoms with Gasteiger partial charge >= 0.3 is 6.61 Å². The van der Waals surface area contributed by atoms with Gasteiger partial charge in [0.2, 0.25) is 0 Å². The quantitative estimate of drug-likeness (QED) is 0.871. The first-order valence-corrected chi connectivity index (χ1v) is 8.23. The van der Waals surface area contributed by atoms with Gasteiger partial charge in [0.25, 0.3) is 0 Å². The molecule has 1 saturated heterocycles. The minimum Gasteiger partial charge on any atom is -0.434 e. The first-order chi connectivity index (χ1) is 10.7. The Hall–Kier alpha value is -1.20. The number of hydrogen-bond acceptors (Lipinski definition) is 3. The molecule has 3 nitrogen and oxygen atoms in total. The predicted molar refractivity (Wildman–Crippen MR) is 82.1 cm³/mol. The van der Waals surface area contributed by atoms with Crippen LogP contribution >= 0.6 is 0 Å². The minimum absolute atomic E-state index is 0.312. The van der Waals surface area contributed by atoms with Crippen molar-refractivity contribution >= 4 is 0 Å². The SMILES string of the molecule is FC(F)Oc1ccccc1CN(C1CCCC1)[C@H]1CCNC1. The van der Waals surface area contributed by atoms with Crippen LogP contribution in [-0.4, -0.2) is 36.7 Å². The van der Waals surface area contributed by atoms with Crippen LogP contribution < -0.4 is 10.1 Å². The molecule has 1 N–H and O–H groups in total. The standard InChI is InChI=1S/C17H24F2N2O/c18-17(19)22-16-8-4-1-5-13(16)12-21(14-6-2-3-7-14)15-9-10-20-11-15/h1,4-5,8,14-15,17,20H,2-3,6-7,9-12H2/t15-/m0/s1. The van der Waals surface area contributed by atoms with Gasteiger partial charge in [-0.15, -0.1) is 0 Å². The van der Waals surface area contributed by atoms with Crippen molar-refractivity contribution in [2.24, 2.45) is 0 Å². The molecule has 0 unspecified atom stereocenters. The first-order valence-electron chi connectivity index (χ1n) is 8.23. The third kappa shape index (κ3) is 3.76. The molecule has 0 spiro atoms. The lowest BCUT2D eigenvalue weighted by Gasteiger charge is -2.34. The molecule has 1 aliphatic heterocycles. The Morgan fingerprint density at radius 1 is 1.14 bits per heavy atom. The average Bonchev–Trinajstić information content (AvgIpc) is 3.19. The smallest absolute Gasteiger partial charge is 0.387 e. The zero-order valence-corrected chi connectivity index (χ0v) is 12.8. The highest BCUT2D eigenvalue weighted by atomic mass is 19.3. The van der Waals surface area contributed by atoms with Gasteiger partial charge in [-0.05, 0) is 31.9 Å². The summed E-state index contributed by atoms with van der Waals surface area (Å²) in [5.74, 6) is 0.312. The molecule has 122 valence electrons. The van der Waals surface area contributed by atoms with Crippen LogP contribution in [0.15, 0.2) is 24.3 Å². The number of halogens is 2. The van der Waals surface area contributed by atoms with Gasteiger partial charge in [-0.1, -0.05) is 31.0 Å². The molecule has 0 aromatic heterocycles. The molecule has 0 amide bonds. The van der Waals surface area contributed by atoms with Crippen molar-refractivity contribution in [1.82, 2.24) is 10.2 Å². The summed E-state index contributed by atoms with van der Waals surface area (Å²) < 4.78 is 29.9. The third-order valence-electron chi connectivity index (χ3n) is 4.84. The van der Waals surface area contributed by atoms with E-state index < -0.39 is 6.61 Å². The second kappa shape index (κ2) is 7.38. The molecule has 22 heavy (non-hydrogen) atoms. The molecule has 0 bridgehead atoms. The van der Waals surface area contributed by atoms with E-state index >= 15 is 0 Å². The molecular weight excluding hydrogens is 286 g/mol. The summed E-state index contributed by atoms with van der Waals surface area (Å²) in [4.78, 5) is 2.51. The van der Waals surface area contributed by atoms with Gasteiger partial charge in [0.15, 0.2) is 0 Å². The maximum atomic E-state index is 12.6. The summed E-state index contributed by atoms with van der Waals surface area (Å²) in [6.45, 7) is -0.0358. The molecule has 1 atom stereocenters. The van der Waals surface area contributed by atoms with E-state index in [9.17, 15) is 8.78 Å². The van der Waals surface area contributed by atoms with Gasteiger partial charge in [-0.3, -0.25) is 4.90 Å². The number of benzene rings is 1. The maximum absolute atomic E-state index is 12.6. The van der Waals surface area contributed by atoms with Crippen molar-refractivity contribution in [1.29, 1.82) is 0 Å². The number of hydrogen-bond donors (Lipinski definition) is 1. The van der Waals surface area contributed by atoms with Crippen molar-refractivity contribution in [3.8, 4) is 5.75 Å². The van der Waals surface area contributed by atoms with Crippen molar-refractivity contribution in [2.45, 2.75) is 57.3 Å². The molecule has 2 aliphatic rings. The molecule has 1 aromatic carbocycles. The van der Waals surface area contributed by atoms with Crippen LogP contribution in [-0.2, 0) is 6.54 Å². The van der Waals surface area contributed by atoms with Crippen LogP contribution in [0.3, 0.4) is 0 Å². The highest BCUT2D eigenvalue weighted by Gasteiger charge is 2.31. The van der Waals surface area contributed by atoms with E-state index in [4.69, 9.17) is 4.74 Å². The second-order valence-electron chi connectivity index (χ2n) is 6.24. The van der Waals surface area contributed by atoms with E-state index in [1.165, 1.54) is 25.7 Å². The number of alkyl halides is 2. The number of rotatable bonds is 6. The summed E-state index contributed by atoms with van der Waals surface area (Å²) in [5.41, 5.74) is 0.863. The first kappa shape index (κ1) is 15.7. The van der Waals surface area contributed by atoms with Gasteiger partial charge in [0, 0.05) is 30.7 Å². The van der Waals surface area contributed by atoms with Gasteiger partial charge in [-0.25, -0.2) is 0 Å². The molecule has 5 heteroatoms. The molecule has 1 heterocycles. The lowest BCUT2D eigenvalue weighted by Crippen LogP contribution is -2.42. The Kier molecular flexibility index (Phi) is 5.26. The van der Waals surface area contributed by atoms with Crippen LogP contribution in [0.4, 0.5) is 8.78 Å². The van der Waals surface area contributed by atoms with Gasteiger partial charge in [-0.2, -0.15) is 8.78 Å². The van der Waals surface area contributed by atoms with Gasteiger partial charge < -0.3 is 10.1 Å². The van der Waals surface area contributed by atoms with Crippen molar-refractivity contribution in [2.75, 3.05) is 13.1 Å². The Balaban J connectivity index is 1.77. The number of nitrogens with one attached hydrogen (secondary N) is 1. The van der Waals surface area contributed by atoms with E-state index in [0.717, 1.165) is 25.1 Å². The predicted octanol–water partition coefficient (Wildman–Crippen LogP) is 3.39. The van der Waals surface area contributed by atoms with Crippen LogP contribution in [0, 0.1) is 0 Å². The van der Waals surface area contributed by atoms with Gasteiger partial charge in [0.05, 0.1) is 0 Å². The second-order valence-corrected chi connectivity index (χ2v) is 6.24. The Bertz CT molecular complexity index is 455. The van der Waals surface area contributed by atoms with E-state index in [1.54, 1.807) is 12.1 Å². The Morgan fingerprint density at radius 3 is 2.59 bits per heavy atom. The summed E-state index contributed by atoms with van der Waals surface area (Å²) in [6.07, 6.45) is 6.12. The average molecular weight is 310 g/mol. The van der Waals surface area contributed by atoms with E-state index in [0.29, 0.717) is 24.4 Å². The summed E-state index contributed by atoms with van der Waals surface area (Å²) in [6, 6.07) is 8.27. The van der Waals surface area contributed by atoms with Crippen molar-refractivity contribution in [3.05, 3.63) is 29.8 Å². The molecule has 1 aromatic rings. The molecule has 1 saturated carbocycles. The van der Waals surface area contributed by atoms with Crippen molar-refractivity contribution < 1.29 is 13.5 Å². The number of para-hydroxylation sites is 1. The zero-order chi connectivity index (χ0) is 15.4. The fourth-order valence-electron chi connectivity index (χ4n) is 3.76. The van der Waals surface area contributed by atoms with Crippen LogP contribution in [0.1, 0.15) is 37.7 Å². The highest BCUT2D eigenvalue weighted by molar-refractivity contribution is 5.33. The fraction of sp³-hybridized carbons (Fsp3) is 0.647. The lowest BCUT2D eigenvalue weighted by molar-refractivity contribution is -0.0510. The molecule has 3 rings (SSSR count). The summed E-state index contributed by atoms with van der Waals surface area (Å²) in [5, 5.41) is 3.42. The van der Waals surface area contributed by atoms with Crippen LogP contribution in [0.25, 0.3) is 0 Å². The number of ether oxygens (including phenoxy) is 1. The highest BCUT2D eigenvalue weighted by Crippen LogP contribution is 2.30. The topological polar surface area (TPSA) is 24.5 Å². The van der Waals surface area contributed by atoms with E-state index in [-0.39, 0.29) is 0 Å². The fourth-order valence-corrected chi connectivity index (χ4v) is 3.76. The lowest BCUT2D eigenvalue weighted by atomic mass is 10.1. The minimum atomic E-state index is -2.77. The van der Waals surface area contributed by atoms with Crippen LogP contribution in [0.2, 0.25) is 0 Å². The summed E-state index contributed by atoms with van der Waals surface area (Å²) >= 11 is 0. The normalized spacial score (nSPS) is 22.8.